The number of para-hydroxylation sites is 1. The van der Waals surface area contributed by atoms with Crippen molar-refractivity contribution in [1.29, 1.82) is 0 Å². The number of amides is 2. The molecular weight excluding hydrogens is 717 g/mol. The van der Waals surface area contributed by atoms with E-state index in [0.29, 0.717) is 11.8 Å². The summed E-state index contributed by atoms with van der Waals surface area (Å²) in [5.74, 6) is -2.59. The first kappa shape index (κ1) is 35.4. The molecule has 5 N–H and O–H groups in total. The number of carbonyl (C=O) groups excluding carboxylic acids is 2. The Morgan fingerprint density at radius 2 is 1.16 bits per heavy atom. The van der Waals surface area contributed by atoms with Crippen molar-refractivity contribution in [3.63, 3.8) is 0 Å². The highest BCUT2D eigenvalue weighted by atomic mass is 32.2. The number of fused-ring (bicyclic) bond motifs is 1. The van der Waals surface area contributed by atoms with E-state index in [9.17, 15) is 53.8 Å². The number of nitrogens with zero attached hydrogens (tertiary/aromatic N) is 2. The number of anilines is 2. The lowest BCUT2D eigenvalue weighted by atomic mass is 10.1. The van der Waals surface area contributed by atoms with E-state index in [-0.39, 0.29) is 22.5 Å². The second-order valence-electron chi connectivity index (χ2n) is 10.3. The lowest BCUT2D eigenvalue weighted by Gasteiger charge is -2.11. The van der Waals surface area contributed by atoms with Crippen LogP contribution >= 0.6 is 0 Å². The minimum absolute atomic E-state index is 0.103. The lowest BCUT2D eigenvalue weighted by Crippen LogP contribution is -2.16. The first-order valence-corrected chi connectivity index (χ1v) is 17.8. The van der Waals surface area contributed by atoms with Gasteiger partial charge in [0.2, 0.25) is 0 Å². The number of azo groups is 1. The summed E-state index contributed by atoms with van der Waals surface area (Å²) in [6.07, 6.45) is 0. The Bertz CT molecular complexity index is 2530. The molecule has 19 heteroatoms. The fourth-order valence-electron chi connectivity index (χ4n) is 4.64. The summed E-state index contributed by atoms with van der Waals surface area (Å²) in [5, 5.41) is 21.6. The van der Waals surface area contributed by atoms with Crippen molar-refractivity contribution >= 4 is 82.2 Å². The molecule has 0 bridgehead atoms. The van der Waals surface area contributed by atoms with E-state index in [2.05, 4.69) is 20.9 Å². The van der Waals surface area contributed by atoms with E-state index in [1.165, 1.54) is 36.4 Å². The number of carboxylic acid groups (broad SMARTS) is 1. The van der Waals surface area contributed by atoms with Crippen LogP contribution in [-0.2, 0) is 30.9 Å². The van der Waals surface area contributed by atoms with Crippen molar-refractivity contribution in [3.05, 3.63) is 114 Å². The summed E-state index contributed by atoms with van der Waals surface area (Å²) in [6, 6.07) is 20.8. The van der Waals surface area contributed by atoms with E-state index >= 15 is 0 Å². The van der Waals surface area contributed by atoms with Gasteiger partial charge < -0.3 is 15.7 Å². The molecule has 256 valence electrons. The number of rotatable bonds is 10. The minimum atomic E-state index is -5.13. The zero-order chi connectivity index (χ0) is 36.4. The van der Waals surface area contributed by atoms with Crippen LogP contribution in [-0.4, -0.2) is 57.2 Å². The summed E-state index contributed by atoms with van der Waals surface area (Å²) in [4.78, 5) is 34.9. The minimum Gasteiger partial charge on any atom is -0.478 e. The molecule has 0 radical (unpaired) electrons. The maximum absolute atomic E-state index is 12.9. The Balaban J connectivity index is 1.43. The van der Waals surface area contributed by atoms with Crippen molar-refractivity contribution in [2.24, 2.45) is 10.2 Å². The summed E-state index contributed by atoms with van der Waals surface area (Å²) in [5.41, 5.74) is -0.160. The predicted molar refractivity (Wildman–Crippen MR) is 179 cm³/mol. The summed E-state index contributed by atoms with van der Waals surface area (Å²) in [7, 11) is -13.7. The monoisotopic (exact) mass is 738 g/mol. The normalized spacial score (nSPS) is 11.9. The van der Waals surface area contributed by atoms with Crippen molar-refractivity contribution in [2.45, 2.75) is 14.7 Å². The first-order chi connectivity index (χ1) is 23.5. The summed E-state index contributed by atoms with van der Waals surface area (Å²) in [6.45, 7) is 0. The molecule has 16 nitrogen and oxygen atoms in total. The largest absolute Gasteiger partial charge is 0.478 e. The molecular formula is C31H22N4O12S3. The van der Waals surface area contributed by atoms with Gasteiger partial charge in [0.1, 0.15) is 9.79 Å². The van der Waals surface area contributed by atoms with Gasteiger partial charge >= 0.3 is 5.97 Å². The molecule has 2 amide bonds. The van der Waals surface area contributed by atoms with Gasteiger partial charge in [-0.2, -0.15) is 27.1 Å². The van der Waals surface area contributed by atoms with Crippen molar-refractivity contribution < 1.29 is 53.8 Å². The molecule has 0 atom stereocenters. The van der Waals surface area contributed by atoms with E-state index in [4.69, 9.17) is 0 Å². The van der Waals surface area contributed by atoms with Crippen LogP contribution in [0.3, 0.4) is 0 Å². The molecule has 0 spiro atoms. The van der Waals surface area contributed by atoms with Gasteiger partial charge in [-0.15, -0.1) is 0 Å². The Hall–Kier alpha value is -5.86. The number of hydrogen-bond acceptors (Lipinski definition) is 11. The van der Waals surface area contributed by atoms with Gasteiger partial charge in [-0.3, -0.25) is 18.7 Å². The fraction of sp³-hybridized carbons (Fsp3) is 0. The van der Waals surface area contributed by atoms with Gasteiger partial charge in [-0.25, -0.2) is 13.2 Å². The van der Waals surface area contributed by atoms with Gasteiger partial charge in [-0.05, 0) is 78.9 Å². The van der Waals surface area contributed by atoms with Gasteiger partial charge in [0.05, 0.1) is 27.5 Å². The van der Waals surface area contributed by atoms with Gasteiger partial charge in [0, 0.05) is 27.6 Å². The van der Waals surface area contributed by atoms with Crippen LogP contribution in [0.4, 0.5) is 22.7 Å². The van der Waals surface area contributed by atoms with Crippen LogP contribution in [0.15, 0.2) is 122 Å². The molecule has 0 aliphatic carbocycles. The molecule has 0 heterocycles. The number of carbonyl (C=O) groups is 3. The summed E-state index contributed by atoms with van der Waals surface area (Å²) < 4.78 is 91.2. The molecule has 0 aliphatic rings. The second-order valence-corrected chi connectivity index (χ2v) is 14.1. The highest BCUT2D eigenvalue weighted by Gasteiger charge is 2.23. The topological polar surface area (TPSA) is 263 Å². The molecule has 5 aromatic rings. The fourth-order valence-corrected chi connectivity index (χ4v) is 6.64. The van der Waals surface area contributed by atoms with Crippen LogP contribution in [0.25, 0.3) is 10.8 Å². The SMILES string of the molecule is O=C(Nc1ccccc1)c1ccc(C(=O)Nc2ccc(/N=N/c3cc(S(=O)(=O)O)c4cc([SH](=O)=O)cc(S(=O)(=O)O)c4c3)cc2C(=O)O)cc1. The molecule has 5 rings (SSSR count). The highest BCUT2D eigenvalue weighted by Crippen LogP contribution is 2.35. The maximum atomic E-state index is 12.9. The number of nitrogens with one attached hydrogen (secondary N) is 2. The van der Waals surface area contributed by atoms with Crippen LogP contribution < -0.4 is 10.6 Å². The van der Waals surface area contributed by atoms with Gasteiger partial charge in [0.15, 0.2) is 10.7 Å². The lowest BCUT2D eigenvalue weighted by molar-refractivity contribution is 0.0697. The molecule has 50 heavy (non-hydrogen) atoms. The van der Waals surface area contributed by atoms with E-state index < -0.39 is 85.4 Å². The molecule has 5 aromatic carbocycles. The second kappa shape index (κ2) is 13.9. The smallest absolute Gasteiger partial charge is 0.337 e. The third-order valence-corrected chi connectivity index (χ3v) is 9.40. The number of thiol groups is 1. The maximum Gasteiger partial charge on any atom is 0.337 e. The quantitative estimate of drug-likeness (QED) is 0.0633. The Morgan fingerprint density at radius 3 is 1.72 bits per heavy atom. The number of carboxylic acids is 1. The van der Waals surface area contributed by atoms with Crippen LogP contribution in [0, 0.1) is 0 Å². The van der Waals surface area contributed by atoms with Gasteiger partial charge in [-0.1, -0.05) is 18.2 Å². The first-order valence-electron chi connectivity index (χ1n) is 13.8. The number of aromatic carboxylic acids is 1. The Labute approximate surface area is 284 Å². The molecule has 0 aliphatic heterocycles. The average Bonchev–Trinajstić information content (AvgIpc) is 3.06. The van der Waals surface area contributed by atoms with E-state index in [1.807, 2.05) is 0 Å². The van der Waals surface area contributed by atoms with E-state index in [1.54, 1.807) is 30.3 Å². The average molecular weight is 739 g/mol. The summed E-state index contributed by atoms with van der Waals surface area (Å²) >= 11 is 0. The zero-order valence-electron chi connectivity index (χ0n) is 24.9. The van der Waals surface area contributed by atoms with Crippen LogP contribution in [0.1, 0.15) is 31.1 Å². The Morgan fingerprint density at radius 1 is 0.620 bits per heavy atom. The van der Waals surface area contributed by atoms with E-state index in [0.717, 1.165) is 24.3 Å². The zero-order valence-corrected chi connectivity index (χ0v) is 27.4. The Kier molecular flexibility index (Phi) is 9.88. The third kappa shape index (κ3) is 8.05. The molecule has 0 saturated carbocycles. The molecule has 0 fully saturated rings. The number of benzene rings is 5. The highest BCUT2D eigenvalue weighted by molar-refractivity contribution is 7.86. The van der Waals surface area contributed by atoms with Gasteiger partial charge in [0.25, 0.3) is 32.1 Å². The van der Waals surface area contributed by atoms with Crippen molar-refractivity contribution in [2.75, 3.05) is 10.6 Å². The molecule has 0 aromatic heterocycles. The van der Waals surface area contributed by atoms with Crippen molar-refractivity contribution in [1.82, 2.24) is 0 Å². The molecule has 0 saturated heterocycles. The molecule has 0 unspecified atom stereocenters. The number of hydrogen-bond donors (Lipinski definition) is 6. The predicted octanol–water partition coefficient (Wildman–Crippen LogP) is 4.92. The van der Waals surface area contributed by atoms with Crippen LogP contribution in [0.5, 0.6) is 0 Å². The third-order valence-electron chi connectivity index (χ3n) is 6.93. The van der Waals surface area contributed by atoms with Crippen LogP contribution in [0.2, 0.25) is 0 Å². The standard InChI is InChI=1S/C31H22N4O12S3/c36-29(32-19-4-2-1-3-5-19)17-6-8-18(9-7-17)30(37)33-26-11-10-20(12-25(26)31(38)39)34-35-21-13-23-24(27(14-21)49(42,43)44)15-22(48(40)41)16-28(23)50(45,46)47/h1-16,48H,(H,32,36)(H,33,37)(H,38,39)(H,42,43,44)(H,45,46,47)/b35-34+. The van der Waals surface area contributed by atoms with Crippen molar-refractivity contribution in [3.8, 4) is 0 Å².